The van der Waals surface area contributed by atoms with Crippen LogP contribution in [0, 0.1) is 11.8 Å². The van der Waals surface area contributed by atoms with Gasteiger partial charge in [0.05, 0.1) is 17.6 Å². The number of fused-ring (bicyclic) bond motifs is 1. The van der Waals surface area contributed by atoms with Crippen LogP contribution in [0.4, 0.5) is 11.4 Å². The van der Waals surface area contributed by atoms with Gasteiger partial charge in [0.2, 0.25) is 0 Å². The van der Waals surface area contributed by atoms with Gasteiger partial charge >= 0.3 is 0 Å². The van der Waals surface area contributed by atoms with Crippen LogP contribution in [-0.2, 0) is 0 Å². The van der Waals surface area contributed by atoms with Crippen molar-refractivity contribution in [2.45, 2.75) is 0 Å². The first kappa shape index (κ1) is 8.97. The van der Waals surface area contributed by atoms with Crippen molar-refractivity contribution in [1.82, 2.24) is 10.3 Å². The fraction of sp³-hybridized carbons (Fsp3) is 0.545. The molecule has 3 heterocycles. The molecular formula is C11H16N4. The second-order valence-corrected chi connectivity index (χ2v) is 4.52. The Balaban J connectivity index is 1.82. The molecule has 3 N–H and O–H groups in total. The van der Waals surface area contributed by atoms with Crippen LogP contribution in [0.15, 0.2) is 18.5 Å². The Labute approximate surface area is 89.5 Å². The predicted octanol–water partition coefficient (Wildman–Crippen LogP) is 0.319. The van der Waals surface area contributed by atoms with Crippen LogP contribution in [0.2, 0.25) is 0 Å². The zero-order valence-corrected chi connectivity index (χ0v) is 8.69. The molecule has 0 aromatic carbocycles. The van der Waals surface area contributed by atoms with Crippen molar-refractivity contribution in [2.75, 3.05) is 36.8 Å². The van der Waals surface area contributed by atoms with Crippen molar-refractivity contribution in [3.63, 3.8) is 0 Å². The van der Waals surface area contributed by atoms with Crippen LogP contribution >= 0.6 is 0 Å². The molecule has 3 rings (SSSR count). The summed E-state index contributed by atoms with van der Waals surface area (Å²) in [7, 11) is 0. The summed E-state index contributed by atoms with van der Waals surface area (Å²) >= 11 is 0. The van der Waals surface area contributed by atoms with Crippen molar-refractivity contribution >= 4 is 11.4 Å². The van der Waals surface area contributed by atoms with Crippen LogP contribution in [-0.4, -0.2) is 31.2 Å². The quantitative estimate of drug-likeness (QED) is 0.691. The molecule has 0 aliphatic carbocycles. The van der Waals surface area contributed by atoms with E-state index in [1.54, 1.807) is 6.20 Å². The van der Waals surface area contributed by atoms with Crippen molar-refractivity contribution in [2.24, 2.45) is 11.8 Å². The lowest BCUT2D eigenvalue weighted by molar-refractivity contribution is 0.533. The highest BCUT2D eigenvalue weighted by atomic mass is 15.2. The van der Waals surface area contributed by atoms with E-state index in [1.807, 2.05) is 12.3 Å². The summed E-state index contributed by atoms with van der Waals surface area (Å²) in [5.74, 6) is 1.61. The largest absolute Gasteiger partial charge is 0.396 e. The maximum Gasteiger partial charge on any atom is 0.0738 e. The van der Waals surface area contributed by atoms with Crippen LogP contribution in [0.25, 0.3) is 0 Å². The molecule has 0 spiro atoms. The number of hydrogen-bond donors (Lipinski definition) is 2. The third-order valence-electron chi connectivity index (χ3n) is 3.56. The highest BCUT2D eigenvalue weighted by molar-refractivity contribution is 5.66. The molecule has 0 amide bonds. The molecule has 15 heavy (non-hydrogen) atoms. The van der Waals surface area contributed by atoms with Crippen LogP contribution in [0.3, 0.4) is 0 Å². The molecule has 2 atom stereocenters. The molecule has 2 fully saturated rings. The summed E-state index contributed by atoms with van der Waals surface area (Å²) in [5.41, 5.74) is 7.88. The topological polar surface area (TPSA) is 54.2 Å². The zero-order valence-electron chi connectivity index (χ0n) is 8.69. The number of nitrogens with zero attached hydrogens (tertiary/aromatic N) is 2. The zero-order chi connectivity index (χ0) is 10.3. The molecular weight excluding hydrogens is 188 g/mol. The maximum absolute atomic E-state index is 5.93. The van der Waals surface area contributed by atoms with Gasteiger partial charge in [0, 0.05) is 32.4 Å². The number of nitrogens with one attached hydrogen (secondary N) is 1. The minimum Gasteiger partial charge on any atom is -0.396 e. The van der Waals surface area contributed by atoms with E-state index in [4.69, 9.17) is 5.73 Å². The Kier molecular flexibility index (Phi) is 2.02. The van der Waals surface area contributed by atoms with Gasteiger partial charge in [-0.1, -0.05) is 0 Å². The normalized spacial score (nSPS) is 29.5. The molecule has 0 radical (unpaired) electrons. The molecule has 2 aliphatic rings. The first-order valence-corrected chi connectivity index (χ1v) is 5.50. The molecule has 4 nitrogen and oxygen atoms in total. The first-order valence-electron chi connectivity index (χ1n) is 5.50. The molecule has 2 aliphatic heterocycles. The minimum atomic E-state index is 0.797. The molecule has 4 heteroatoms. The number of nitrogen functional groups attached to an aromatic ring is 1. The van der Waals surface area contributed by atoms with E-state index >= 15 is 0 Å². The summed E-state index contributed by atoms with van der Waals surface area (Å²) in [5, 5.41) is 3.44. The SMILES string of the molecule is Nc1cnccc1N1CC2CNCC2C1. The van der Waals surface area contributed by atoms with Crippen LogP contribution in [0.5, 0.6) is 0 Å². The lowest BCUT2D eigenvalue weighted by Crippen LogP contribution is -2.26. The van der Waals surface area contributed by atoms with E-state index in [0.717, 1.165) is 49.4 Å². The van der Waals surface area contributed by atoms with E-state index in [0.29, 0.717) is 0 Å². The molecule has 2 unspecified atom stereocenters. The van der Waals surface area contributed by atoms with Gasteiger partial charge in [0.1, 0.15) is 0 Å². The van der Waals surface area contributed by atoms with Gasteiger partial charge in [-0.05, 0) is 17.9 Å². The van der Waals surface area contributed by atoms with E-state index in [1.165, 1.54) is 0 Å². The molecule has 1 aromatic heterocycles. The highest BCUT2D eigenvalue weighted by Crippen LogP contribution is 2.32. The van der Waals surface area contributed by atoms with E-state index in [2.05, 4.69) is 15.2 Å². The van der Waals surface area contributed by atoms with Crippen molar-refractivity contribution in [3.8, 4) is 0 Å². The Bertz CT molecular complexity index is 353. The maximum atomic E-state index is 5.93. The molecule has 0 saturated carbocycles. The summed E-state index contributed by atoms with van der Waals surface area (Å²) in [6, 6.07) is 2.02. The standard InChI is InChI=1S/C11H16N4/c12-10-5-13-2-1-11(10)15-6-8-3-14-4-9(8)7-15/h1-2,5,8-9,14H,3-4,6-7,12H2. The summed E-state index contributed by atoms with van der Waals surface area (Å²) in [6.07, 6.45) is 3.56. The predicted molar refractivity (Wildman–Crippen MR) is 60.7 cm³/mol. The Hall–Kier alpha value is -1.29. The third kappa shape index (κ3) is 1.45. The van der Waals surface area contributed by atoms with Crippen molar-refractivity contribution < 1.29 is 0 Å². The lowest BCUT2D eigenvalue weighted by atomic mass is 10.0. The van der Waals surface area contributed by atoms with Gasteiger partial charge in [0.15, 0.2) is 0 Å². The number of nitrogens with two attached hydrogens (primary N) is 1. The van der Waals surface area contributed by atoms with Crippen LogP contribution in [0.1, 0.15) is 0 Å². The summed E-state index contributed by atoms with van der Waals surface area (Å²) in [4.78, 5) is 6.42. The number of aromatic nitrogens is 1. The molecule has 2 saturated heterocycles. The van der Waals surface area contributed by atoms with E-state index in [9.17, 15) is 0 Å². The summed E-state index contributed by atoms with van der Waals surface area (Å²) < 4.78 is 0. The Morgan fingerprint density at radius 2 is 2.07 bits per heavy atom. The summed E-state index contributed by atoms with van der Waals surface area (Å²) in [6.45, 7) is 4.58. The Morgan fingerprint density at radius 1 is 1.33 bits per heavy atom. The third-order valence-corrected chi connectivity index (χ3v) is 3.56. The molecule has 0 bridgehead atoms. The smallest absolute Gasteiger partial charge is 0.0738 e. The number of anilines is 2. The number of pyridine rings is 1. The van der Waals surface area contributed by atoms with Gasteiger partial charge in [0.25, 0.3) is 0 Å². The van der Waals surface area contributed by atoms with Gasteiger partial charge in [-0.15, -0.1) is 0 Å². The van der Waals surface area contributed by atoms with Gasteiger partial charge in [-0.2, -0.15) is 0 Å². The second-order valence-electron chi connectivity index (χ2n) is 4.52. The van der Waals surface area contributed by atoms with E-state index in [-0.39, 0.29) is 0 Å². The number of rotatable bonds is 1. The fourth-order valence-electron chi connectivity index (χ4n) is 2.74. The highest BCUT2D eigenvalue weighted by Gasteiger charge is 2.36. The van der Waals surface area contributed by atoms with Gasteiger partial charge in [-0.3, -0.25) is 4.98 Å². The molecule has 80 valence electrons. The average molecular weight is 204 g/mol. The first-order chi connectivity index (χ1) is 7.34. The lowest BCUT2D eigenvalue weighted by Gasteiger charge is -2.20. The average Bonchev–Trinajstić information content (AvgIpc) is 2.77. The Morgan fingerprint density at radius 3 is 2.73 bits per heavy atom. The molecule has 1 aromatic rings. The van der Waals surface area contributed by atoms with Gasteiger partial charge < -0.3 is 16.0 Å². The fourth-order valence-corrected chi connectivity index (χ4v) is 2.74. The second kappa shape index (κ2) is 3.38. The van der Waals surface area contributed by atoms with Crippen molar-refractivity contribution in [3.05, 3.63) is 18.5 Å². The monoisotopic (exact) mass is 204 g/mol. The number of hydrogen-bond acceptors (Lipinski definition) is 4. The minimum absolute atomic E-state index is 0.797. The van der Waals surface area contributed by atoms with Crippen LogP contribution < -0.4 is 16.0 Å². The van der Waals surface area contributed by atoms with E-state index < -0.39 is 0 Å². The van der Waals surface area contributed by atoms with Gasteiger partial charge in [-0.25, -0.2) is 0 Å². The van der Waals surface area contributed by atoms with Crippen molar-refractivity contribution in [1.29, 1.82) is 0 Å².